The summed E-state index contributed by atoms with van der Waals surface area (Å²) in [6, 6.07) is 7.33. The van der Waals surface area contributed by atoms with E-state index in [1.807, 2.05) is 24.3 Å². The van der Waals surface area contributed by atoms with Crippen molar-refractivity contribution in [2.75, 3.05) is 20.3 Å². The first-order valence-electron chi connectivity index (χ1n) is 5.85. The van der Waals surface area contributed by atoms with E-state index >= 15 is 0 Å². The predicted octanol–water partition coefficient (Wildman–Crippen LogP) is 1.39. The number of amides is 1. The van der Waals surface area contributed by atoms with Crippen molar-refractivity contribution < 1.29 is 19.1 Å². The summed E-state index contributed by atoms with van der Waals surface area (Å²) in [5.74, 6) is 0.175. The first-order chi connectivity index (χ1) is 9.11. The van der Waals surface area contributed by atoms with Crippen molar-refractivity contribution in [2.45, 2.75) is 6.92 Å². The molecule has 1 N–H and O–H groups in total. The van der Waals surface area contributed by atoms with Gasteiger partial charge >= 0.3 is 5.97 Å². The quantitative estimate of drug-likeness (QED) is 0.478. The molecule has 1 amide bonds. The van der Waals surface area contributed by atoms with Crippen LogP contribution in [0.4, 0.5) is 0 Å². The highest BCUT2D eigenvalue weighted by Crippen LogP contribution is 2.11. The number of hydrogen-bond acceptors (Lipinski definition) is 4. The zero-order valence-electron chi connectivity index (χ0n) is 11.0. The van der Waals surface area contributed by atoms with Crippen molar-refractivity contribution >= 4 is 18.0 Å². The highest BCUT2D eigenvalue weighted by Gasteiger charge is 1.96. The summed E-state index contributed by atoms with van der Waals surface area (Å²) in [5, 5.41) is 2.60. The van der Waals surface area contributed by atoms with E-state index in [9.17, 15) is 9.59 Å². The Bertz CT molecular complexity index is 451. The van der Waals surface area contributed by atoms with E-state index in [1.165, 1.54) is 13.0 Å². The van der Waals surface area contributed by atoms with Crippen molar-refractivity contribution in [2.24, 2.45) is 0 Å². The van der Waals surface area contributed by atoms with Crippen LogP contribution >= 0.6 is 0 Å². The van der Waals surface area contributed by atoms with Crippen LogP contribution in [-0.2, 0) is 14.3 Å². The molecule has 1 aromatic rings. The fourth-order valence-electron chi connectivity index (χ4n) is 1.31. The van der Waals surface area contributed by atoms with Crippen molar-refractivity contribution in [3.63, 3.8) is 0 Å². The molecule has 0 aliphatic carbocycles. The van der Waals surface area contributed by atoms with Gasteiger partial charge in [0.25, 0.3) is 0 Å². The number of esters is 1. The summed E-state index contributed by atoms with van der Waals surface area (Å²) >= 11 is 0. The molecule has 0 aromatic heterocycles. The zero-order valence-corrected chi connectivity index (χ0v) is 11.0. The molecule has 0 unspecified atom stereocenters. The van der Waals surface area contributed by atoms with Gasteiger partial charge in [-0.3, -0.25) is 9.59 Å². The molecular weight excluding hydrogens is 246 g/mol. The van der Waals surface area contributed by atoms with Gasteiger partial charge in [-0.25, -0.2) is 0 Å². The summed E-state index contributed by atoms with van der Waals surface area (Å²) < 4.78 is 9.72. The molecule has 0 saturated heterocycles. The molecule has 0 saturated carbocycles. The first kappa shape index (κ1) is 14.8. The monoisotopic (exact) mass is 263 g/mol. The minimum absolute atomic E-state index is 0.178. The van der Waals surface area contributed by atoms with E-state index in [4.69, 9.17) is 4.74 Å². The third-order valence-electron chi connectivity index (χ3n) is 2.25. The van der Waals surface area contributed by atoms with Gasteiger partial charge in [0, 0.05) is 13.0 Å². The molecule has 1 aromatic carbocycles. The SMILES string of the molecule is COc1ccc(/C=C\C(=O)NCCOC(C)=O)cc1. The van der Waals surface area contributed by atoms with Crippen molar-refractivity contribution in [1.82, 2.24) is 5.32 Å². The van der Waals surface area contributed by atoms with Crippen LogP contribution < -0.4 is 10.1 Å². The lowest BCUT2D eigenvalue weighted by molar-refractivity contribution is -0.141. The number of rotatable bonds is 6. The Hall–Kier alpha value is -2.30. The second-order valence-electron chi connectivity index (χ2n) is 3.74. The van der Waals surface area contributed by atoms with Gasteiger partial charge in [0.15, 0.2) is 0 Å². The molecule has 19 heavy (non-hydrogen) atoms. The minimum atomic E-state index is -0.358. The van der Waals surface area contributed by atoms with E-state index in [-0.39, 0.29) is 18.5 Å². The minimum Gasteiger partial charge on any atom is -0.497 e. The second-order valence-corrected chi connectivity index (χ2v) is 3.74. The number of carbonyl (C=O) groups excluding carboxylic acids is 2. The lowest BCUT2D eigenvalue weighted by atomic mass is 10.2. The van der Waals surface area contributed by atoms with Gasteiger partial charge in [-0.15, -0.1) is 0 Å². The topological polar surface area (TPSA) is 64.6 Å². The van der Waals surface area contributed by atoms with Crippen LogP contribution in [0.25, 0.3) is 6.08 Å². The van der Waals surface area contributed by atoms with E-state index in [1.54, 1.807) is 13.2 Å². The molecule has 0 heterocycles. The van der Waals surface area contributed by atoms with E-state index in [2.05, 4.69) is 10.1 Å². The smallest absolute Gasteiger partial charge is 0.302 e. The standard InChI is InChI=1S/C14H17NO4/c1-11(16)19-10-9-15-14(17)8-5-12-3-6-13(18-2)7-4-12/h3-8H,9-10H2,1-2H3,(H,15,17)/b8-5-. The molecule has 0 radical (unpaired) electrons. The average Bonchev–Trinajstić information content (AvgIpc) is 2.41. The largest absolute Gasteiger partial charge is 0.497 e. The molecule has 0 spiro atoms. The molecule has 0 atom stereocenters. The maximum absolute atomic E-state index is 11.4. The van der Waals surface area contributed by atoms with E-state index in [0.717, 1.165) is 11.3 Å². The van der Waals surface area contributed by atoms with Gasteiger partial charge in [-0.1, -0.05) is 12.1 Å². The number of carbonyl (C=O) groups is 2. The summed E-state index contributed by atoms with van der Waals surface area (Å²) in [6.07, 6.45) is 3.12. The van der Waals surface area contributed by atoms with Crippen LogP contribution in [0, 0.1) is 0 Å². The highest BCUT2D eigenvalue weighted by molar-refractivity contribution is 5.91. The van der Waals surface area contributed by atoms with Gasteiger partial charge < -0.3 is 14.8 Å². The van der Waals surface area contributed by atoms with Gasteiger partial charge in [0.05, 0.1) is 13.7 Å². The summed E-state index contributed by atoms with van der Waals surface area (Å²) in [5.41, 5.74) is 0.899. The number of nitrogens with one attached hydrogen (secondary N) is 1. The molecule has 0 fully saturated rings. The molecule has 102 valence electrons. The third-order valence-corrected chi connectivity index (χ3v) is 2.25. The highest BCUT2D eigenvalue weighted by atomic mass is 16.5. The molecule has 0 aliphatic rings. The van der Waals surface area contributed by atoms with Crippen LogP contribution in [0.3, 0.4) is 0 Å². The van der Waals surface area contributed by atoms with Crippen LogP contribution in [-0.4, -0.2) is 32.1 Å². The fraction of sp³-hybridized carbons (Fsp3) is 0.286. The predicted molar refractivity (Wildman–Crippen MR) is 71.7 cm³/mol. The Kier molecular flexibility index (Phi) is 6.15. The normalized spacial score (nSPS) is 10.2. The lowest BCUT2D eigenvalue weighted by Gasteiger charge is -2.02. The van der Waals surface area contributed by atoms with Crippen LogP contribution in [0.2, 0.25) is 0 Å². The van der Waals surface area contributed by atoms with Crippen molar-refractivity contribution in [3.8, 4) is 5.75 Å². The molecule has 5 nitrogen and oxygen atoms in total. The van der Waals surface area contributed by atoms with Gasteiger partial charge in [0.2, 0.25) is 5.91 Å². The number of hydrogen-bond donors (Lipinski definition) is 1. The molecule has 1 rings (SSSR count). The third kappa shape index (κ3) is 6.26. The van der Waals surface area contributed by atoms with Gasteiger partial charge in [0.1, 0.15) is 12.4 Å². The first-order valence-corrected chi connectivity index (χ1v) is 5.85. The van der Waals surface area contributed by atoms with Gasteiger partial charge in [-0.05, 0) is 23.8 Å². The Balaban J connectivity index is 2.34. The maximum Gasteiger partial charge on any atom is 0.302 e. The second kappa shape index (κ2) is 7.92. The van der Waals surface area contributed by atoms with Crippen molar-refractivity contribution in [3.05, 3.63) is 35.9 Å². The average molecular weight is 263 g/mol. The van der Waals surface area contributed by atoms with Gasteiger partial charge in [-0.2, -0.15) is 0 Å². The Labute approximate surface area is 112 Å². The van der Waals surface area contributed by atoms with Crippen LogP contribution in [0.15, 0.2) is 30.3 Å². The Morgan fingerprint density at radius 1 is 1.26 bits per heavy atom. The summed E-state index contributed by atoms with van der Waals surface area (Å²) in [7, 11) is 1.60. The number of methoxy groups -OCH3 is 1. The fourth-order valence-corrected chi connectivity index (χ4v) is 1.31. The van der Waals surface area contributed by atoms with Crippen LogP contribution in [0.5, 0.6) is 5.75 Å². The maximum atomic E-state index is 11.4. The molecule has 0 aliphatic heterocycles. The van der Waals surface area contributed by atoms with Crippen LogP contribution in [0.1, 0.15) is 12.5 Å². The van der Waals surface area contributed by atoms with E-state index in [0.29, 0.717) is 6.54 Å². The molecular formula is C14H17NO4. The Morgan fingerprint density at radius 3 is 2.53 bits per heavy atom. The summed E-state index contributed by atoms with van der Waals surface area (Å²) in [4.78, 5) is 21.9. The van der Waals surface area contributed by atoms with Crippen molar-refractivity contribution in [1.29, 1.82) is 0 Å². The summed E-state index contributed by atoms with van der Waals surface area (Å²) in [6.45, 7) is 1.80. The van der Waals surface area contributed by atoms with E-state index < -0.39 is 0 Å². The zero-order chi connectivity index (χ0) is 14.1. The molecule has 5 heteroatoms. The number of benzene rings is 1. The Morgan fingerprint density at radius 2 is 1.95 bits per heavy atom. The molecule has 0 bridgehead atoms. The number of ether oxygens (including phenoxy) is 2. The lowest BCUT2D eigenvalue weighted by Crippen LogP contribution is -2.25.